The molecule has 1 saturated heterocycles. The Balaban J connectivity index is 2.22. The molecule has 6 atom stereocenters. The van der Waals surface area contributed by atoms with E-state index in [4.69, 9.17) is 18.9 Å². The van der Waals surface area contributed by atoms with Crippen molar-refractivity contribution in [1.29, 1.82) is 0 Å². The molecule has 1 fully saturated rings. The molecule has 1 heterocycles. The Morgan fingerprint density at radius 2 is 0.857 bits per heavy atom. The topological polar surface area (TPSA) is 178 Å². The Morgan fingerprint density at radius 1 is 0.494 bits per heavy atom. The lowest BCUT2D eigenvalue weighted by Gasteiger charge is -2.41. The molecule has 0 radical (unpaired) electrons. The number of ether oxygens (including phenoxy) is 4. The van der Waals surface area contributed by atoms with Gasteiger partial charge >= 0.3 is 16.4 Å². The van der Waals surface area contributed by atoms with Gasteiger partial charge in [-0.15, -0.1) is 0 Å². The van der Waals surface area contributed by atoms with E-state index < -0.39 is 59.8 Å². The van der Waals surface area contributed by atoms with E-state index in [1.807, 2.05) is 0 Å². The summed E-state index contributed by atoms with van der Waals surface area (Å²) < 4.78 is 59.6. The Hall–Kier alpha value is -1.42. The molecule has 0 aromatic carbocycles. The quantitative estimate of drug-likeness (QED) is 0.0196. The summed E-state index contributed by atoms with van der Waals surface area (Å²) in [6.07, 6.45) is 59.5. The molecule has 456 valence electrons. The second-order valence-electron chi connectivity index (χ2n) is 22.7. The number of hydrogen-bond acceptors (Lipinski definition) is 11. The number of unbranched alkanes of at least 4 members (excludes halogenated alkanes) is 42. The van der Waals surface area contributed by atoms with Crippen LogP contribution in [0, 0.1) is 0 Å². The van der Waals surface area contributed by atoms with Gasteiger partial charge < -0.3 is 34.3 Å². The normalized spacial score (nSPS) is 18.5. The van der Waals surface area contributed by atoms with Gasteiger partial charge in [0.05, 0.1) is 19.8 Å². The lowest BCUT2D eigenvalue weighted by molar-refractivity contribution is -0.301. The molecule has 6 unspecified atom stereocenters. The average Bonchev–Trinajstić information content (AvgIpc) is 3.42. The van der Waals surface area contributed by atoms with Crippen LogP contribution in [0.25, 0.3) is 0 Å². The zero-order valence-corrected chi connectivity index (χ0v) is 50.6. The highest BCUT2D eigenvalue weighted by atomic mass is 32.3. The summed E-state index contributed by atoms with van der Waals surface area (Å²) >= 11 is 0. The summed E-state index contributed by atoms with van der Waals surface area (Å²) in [4.78, 5) is 13.0. The molecule has 0 spiro atoms. The molecule has 1 aliphatic heterocycles. The zero-order valence-electron chi connectivity index (χ0n) is 49.8. The van der Waals surface area contributed by atoms with Crippen LogP contribution in [0.4, 0.5) is 0 Å². The van der Waals surface area contributed by atoms with E-state index in [-0.39, 0.29) is 19.6 Å². The van der Waals surface area contributed by atoms with Gasteiger partial charge in [0.15, 0.2) is 6.29 Å². The Labute approximate surface area is 473 Å². The van der Waals surface area contributed by atoms with E-state index in [1.54, 1.807) is 0 Å². The molecule has 1 rings (SSSR count). The standard InChI is InChI=1S/C64H122O12S/c1-3-5-7-9-11-13-15-17-19-21-23-25-27-29-31-33-35-37-39-41-43-45-47-49-51-53-60(66)74-58(57-73-64-62(68)63(76-77(69,70)71)61(67)59(55-65)75-64)56-72-54-52-50-48-46-44-42-40-38-36-34-32-30-28-26-24-22-20-18-16-14-12-10-8-6-4-2/h15,17,21,23,58-59,61-65,67-68H,3-14,16,18-20,22,24-57H2,1-2H3,(H,69,70,71)/b17-15-,23-21-. The molecule has 0 amide bonds. The number of aliphatic hydroxyl groups excluding tert-OH is 3. The third kappa shape index (κ3) is 47.9. The van der Waals surface area contributed by atoms with Crippen molar-refractivity contribution in [1.82, 2.24) is 0 Å². The van der Waals surface area contributed by atoms with Crippen molar-refractivity contribution in [2.45, 2.75) is 352 Å². The van der Waals surface area contributed by atoms with Gasteiger partial charge in [0.2, 0.25) is 0 Å². The number of rotatable bonds is 59. The number of allylic oxidation sites excluding steroid dienone is 4. The molecule has 0 aromatic heterocycles. The van der Waals surface area contributed by atoms with Crippen LogP contribution in [0.3, 0.4) is 0 Å². The summed E-state index contributed by atoms with van der Waals surface area (Å²) in [6, 6.07) is 0. The van der Waals surface area contributed by atoms with E-state index in [0.717, 1.165) is 44.9 Å². The van der Waals surface area contributed by atoms with Gasteiger partial charge in [-0.25, -0.2) is 4.18 Å². The first-order valence-corrected chi connectivity index (χ1v) is 34.0. The number of carbonyl (C=O) groups is 1. The number of carbonyl (C=O) groups excluding carboxylic acids is 1. The van der Waals surface area contributed by atoms with Crippen LogP contribution in [0.15, 0.2) is 24.3 Å². The first-order chi connectivity index (χ1) is 37.6. The second kappa shape index (κ2) is 55.1. The highest BCUT2D eigenvalue weighted by Gasteiger charge is 2.48. The molecule has 77 heavy (non-hydrogen) atoms. The van der Waals surface area contributed by atoms with Crippen molar-refractivity contribution >= 4 is 16.4 Å². The molecule has 0 bridgehead atoms. The van der Waals surface area contributed by atoms with Crippen molar-refractivity contribution in [2.24, 2.45) is 0 Å². The molecule has 1 aliphatic rings. The maximum Gasteiger partial charge on any atom is 0.397 e. The van der Waals surface area contributed by atoms with Gasteiger partial charge in [0.25, 0.3) is 0 Å². The maximum atomic E-state index is 13.0. The van der Waals surface area contributed by atoms with E-state index in [9.17, 15) is 33.1 Å². The van der Waals surface area contributed by atoms with Gasteiger partial charge in [-0.3, -0.25) is 9.35 Å². The summed E-state index contributed by atoms with van der Waals surface area (Å²) in [5, 5.41) is 30.9. The van der Waals surface area contributed by atoms with Crippen molar-refractivity contribution in [3.05, 3.63) is 24.3 Å². The van der Waals surface area contributed by atoms with Crippen molar-refractivity contribution in [3.63, 3.8) is 0 Å². The molecule has 13 heteroatoms. The number of aliphatic hydroxyl groups is 3. The Bertz CT molecular complexity index is 1430. The van der Waals surface area contributed by atoms with Crippen LogP contribution in [0.1, 0.15) is 316 Å². The lowest BCUT2D eigenvalue weighted by atomic mass is 9.99. The van der Waals surface area contributed by atoms with Crippen LogP contribution in [-0.4, -0.2) is 97.5 Å². The summed E-state index contributed by atoms with van der Waals surface area (Å²) in [5.74, 6) is -0.392. The van der Waals surface area contributed by atoms with Crippen LogP contribution in [-0.2, 0) is 38.3 Å². The lowest BCUT2D eigenvalue weighted by Crippen LogP contribution is -2.60. The van der Waals surface area contributed by atoms with Gasteiger partial charge in [-0.05, 0) is 44.9 Å². The molecule has 4 N–H and O–H groups in total. The zero-order chi connectivity index (χ0) is 56.0. The summed E-state index contributed by atoms with van der Waals surface area (Å²) in [7, 11) is -5.07. The fourth-order valence-electron chi connectivity index (χ4n) is 10.4. The largest absolute Gasteiger partial charge is 0.457 e. The SMILES string of the molecule is CCCCCCC/C=C\C/C=C\CCCCCCCCCCCCCCCC(=O)OC(COCCCCCCCCCCCCCCCCCCCCCCCCCCC)COC1OC(CO)C(O)C(OS(=O)(=O)O)C1O. The fourth-order valence-corrected chi connectivity index (χ4v) is 10.9. The van der Waals surface area contributed by atoms with Crippen LogP contribution in [0.2, 0.25) is 0 Å². The molecule has 0 aliphatic carbocycles. The number of esters is 1. The molecular formula is C64H122O12S. The van der Waals surface area contributed by atoms with E-state index in [0.29, 0.717) is 13.0 Å². The third-order valence-electron chi connectivity index (χ3n) is 15.3. The second-order valence-corrected chi connectivity index (χ2v) is 23.8. The van der Waals surface area contributed by atoms with Crippen LogP contribution < -0.4 is 0 Å². The van der Waals surface area contributed by atoms with Gasteiger partial charge in [-0.1, -0.05) is 289 Å². The predicted octanol–water partition coefficient (Wildman–Crippen LogP) is 17.0. The molecule has 0 aromatic rings. The molecule has 12 nitrogen and oxygen atoms in total. The minimum atomic E-state index is -5.07. The predicted molar refractivity (Wildman–Crippen MR) is 317 cm³/mol. The van der Waals surface area contributed by atoms with Crippen LogP contribution >= 0.6 is 0 Å². The smallest absolute Gasteiger partial charge is 0.397 e. The Morgan fingerprint density at radius 3 is 1.23 bits per heavy atom. The highest BCUT2D eigenvalue weighted by Crippen LogP contribution is 2.26. The monoisotopic (exact) mass is 1110 g/mol. The van der Waals surface area contributed by atoms with Crippen molar-refractivity contribution in [2.75, 3.05) is 26.4 Å². The third-order valence-corrected chi connectivity index (χ3v) is 15.8. The van der Waals surface area contributed by atoms with Gasteiger partial charge in [0.1, 0.15) is 30.5 Å². The van der Waals surface area contributed by atoms with Crippen LogP contribution in [0.5, 0.6) is 0 Å². The number of hydrogen-bond donors (Lipinski definition) is 4. The van der Waals surface area contributed by atoms with E-state index >= 15 is 0 Å². The average molecular weight is 1120 g/mol. The fraction of sp³-hybridized carbons (Fsp3) is 0.922. The first-order valence-electron chi connectivity index (χ1n) is 32.6. The van der Waals surface area contributed by atoms with E-state index in [1.165, 1.54) is 244 Å². The molecule has 0 saturated carbocycles. The molecular weight excluding hydrogens is 993 g/mol. The van der Waals surface area contributed by atoms with E-state index in [2.05, 4.69) is 42.3 Å². The minimum absolute atomic E-state index is 0.0419. The van der Waals surface area contributed by atoms with Gasteiger partial charge in [-0.2, -0.15) is 8.42 Å². The summed E-state index contributed by atoms with van der Waals surface area (Å²) in [5.41, 5.74) is 0. The van der Waals surface area contributed by atoms with Crippen molar-refractivity contribution in [3.8, 4) is 0 Å². The minimum Gasteiger partial charge on any atom is -0.457 e. The highest BCUT2D eigenvalue weighted by molar-refractivity contribution is 7.80. The Kier molecular flexibility index (Phi) is 52.7. The maximum absolute atomic E-state index is 13.0. The van der Waals surface area contributed by atoms with Gasteiger partial charge in [0, 0.05) is 13.0 Å². The van der Waals surface area contributed by atoms with Crippen molar-refractivity contribution < 1.29 is 56.2 Å². The first kappa shape index (κ1) is 73.6. The summed E-state index contributed by atoms with van der Waals surface area (Å²) in [6.45, 7) is 4.06.